The summed E-state index contributed by atoms with van der Waals surface area (Å²) < 4.78 is 2.25. The minimum absolute atomic E-state index is 0.0222. The Hall–Kier alpha value is -2.04. The van der Waals surface area contributed by atoms with E-state index in [2.05, 4.69) is 20.9 Å². The maximum Gasteiger partial charge on any atom is 0.317 e. The van der Waals surface area contributed by atoms with E-state index >= 15 is 0 Å². The quantitative estimate of drug-likeness (QED) is 0.850. The molecule has 1 N–H and O–H groups in total. The third-order valence-electron chi connectivity index (χ3n) is 3.84. The van der Waals surface area contributed by atoms with Crippen molar-refractivity contribution in [2.75, 3.05) is 20.1 Å². The number of para-hydroxylation sites is 2. The molecule has 5 nitrogen and oxygen atoms in total. The molecule has 1 saturated heterocycles. The number of urea groups is 1. The van der Waals surface area contributed by atoms with Gasteiger partial charge in [0.25, 0.3) is 0 Å². The number of hydrogen-bond acceptors (Lipinski definition) is 2. The summed E-state index contributed by atoms with van der Waals surface area (Å²) in [7, 11) is 1.68. The van der Waals surface area contributed by atoms with Gasteiger partial charge in [-0.15, -0.1) is 0 Å². The first-order valence-electron chi connectivity index (χ1n) is 6.68. The van der Waals surface area contributed by atoms with E-state index in [4.69, 9.17) is 0 Å². The SMILES string of the molecule is CNC(=O)N1CCC(n2cnc3ccccc32)CC1. The summed E-state index contributed by atoms with van der Waals surface area (Å²) in [4.78, 5) is 17.9. The molecule has 0 bridgehead atoms. The van der Waals surface area contributed by atoms with Crippen LogP contribution in [0.5, 0.6) is 0 Å². The van der Waals surface area contributed by atoms with E-state index in [1.807, 2.05) is 29.4 Å². The molecule has 0 aliphatic carbocycles. The summed E-state index contributed by atoms with van der Waals surface area (Å²) in [6.45, 7) is 1.60. The van der Waals surface area contributed by atoms with Gasteiger partial charge in [0.2, 0.25) is 0 Å². The molecule has 1 aromatic heterocycles. The van der Waals surface area contributed by atoms with Crippen LogP contribution in [0.3, 0.4) is 0 Å². The number of rotatable bonds is 1. The first-order chi connectivity index (χ1) is 9.29. The number of benzene rings is 1. The Morgan fingerprint density at radius 1 is 1.32 bits per heavy atom. The summed E-state index contributed by atoms with van der Waals surface area (Å²) in [5.74, 6) is 0. The van der Waals surface area contributed by atoms with Gasteiger partial charge in [0, 0.05) is 26.2 Å². The molecule has 19 heavy (non-hydrogen) atoms. The summed E-state index contributed by atoms with van der Waals surface area (Å²) in [6, 6.07) is 8.65. The van der Waals surface area contributed by atoms with Gasteiger partial charge in [-0.05, 0) is 25.0 Å². The van der Waals surface area contributed by atoms with Crippen LogP contribution in [0.1, 0.15) is 18.9 Å². The minimum atomic E-state index is 0.0222. The monoisotopic (exact) mass is 258 g/mol. The molecule has 1 aromatic carbocycles. The first-order valence-corrected chi connectivity index (χ1v) is 6.68. The Morgan fingerprint density at radius 3 is 2.79 bits per heavy atom. The van der Waals surface area contributed by atoms with Crippen LogP contribution in [0.25, 0.3) is 11.0 Å². The largest absolute Gasteiger partial charge is 0.341 e. The fraction of sp³-hybridized carbons (Fsp3) is 0.429. The molecule has 0 atom stereocenters. The van der Waals surface area contributed by atoms with E-state index in [1.165, 1.54) is 5.52 Å². The maximum absolute atomic E-state index is 11.6. The molecule has 0 saturated carbocycles. The highest BCUT2D eigenvalue weighted by Crippen LogP contribution is 2.26. The minimum Gasteiger partial charge on any atom is -0.341 e. The van der Waals surface area contributed by atoms with Crippen molar-refractivity contribution in [2.24, 2.45) is 0 Å². The molecule has 2 aromatic rings. The van der Waals surface area contributed by atoms with Gasteiger partial charge >= 0.3 is 6.03 Å². The highest BCUT2D eigenvalue weighted by Gasteiger charge is 2.23. The Kier molecular flexibility index (Phi) is 3.11. The predicted molar refractivity (Wildman–Crippen MR) is 74.0 cm³/mol. The number of nitrogens with one attached hydrogen (secondary N) is 1. The number of aromatic nitrogens is 2. The van der Waals surface area contributed by atoms with Gasteiger partial charge in [-0.3, -0.25) is 0 Å². The molecule has 100 valence electrons. The van der Waals surface area contributed by atoms with Crippen LogP contribution in [0.4, 0.5) is 4.79 Å². The number of amides is 2. The average molecular weight is 258 g/mol. The van der Waals surface area contributed by atoms with Crippen molar-refractivity contribution >= 4 is 17.1 Å². The molecule has 1 fully saturated rings. The Bertz CT molecular complexity index is 584. The van der Waals surface area contributed by atoms with Crippen molar-refractivity contribution in [1.82, 2.24) is 19.8 Å². The number of carbonyl (C=O) groups is 1. The van der Waals surface area contributed by atoms with Crippen LogP contribution in [0.2, 0.25) is 0 Å². The fourth-order valence-electron chi connectivity index (χ4n) is 2.77. The standard InChI is InChI=1S/C14H18N4O/c1-15-14(19)17-8-6-11(7-9-17)18-10-16-12-4-2-3-5-13(12)18/h2-5,10-11H,6-9H2,1H3,(H,15,19). The number of likely N-dealkylation sites (tertiary alicyclic amines) is 1. The van der Waals surface area contributed by atoms with Crippen LogP contribution >= 0.6 is 0 Å². The van der Waals surface area contributed by atoms with Crippen LogP contribution in [0.15, 0.2) is 30.6 Å². The maximum atomic E-state index is 11.6. The van der Waals surface area contributed by atoms with Gasteiger partial charge < -0.3 is 14.8 Å². The molecule has 0 unspecified atom stereocenters. The number of hydrogen-bond donors (Lipinski definition) is 1. The second kappa shape index (κ2) is 4.91. The van der Waals surface area contributed by atoms with E-state index in [0.717, 1.165) is 31.4 Å². The molecule has 0 spiro atoms. The zero-order valence-electron chi connectivity index (χ0n) is 11.0. The Labute approximate surface area is 112 Å². The normalized spacial score (nSPS) is 16.8. The van der Waals surface area contributed by atoms with E-state index in [-0.39, 0.29) is 6.03 Å². The van der Waals surface area contributed by atoms with Crippen molar-refractivity contribution < 1.29 is 4.79 Å². The van der Waals surface area contributed by atoms with Gasteiger partial charge in [-0.1, -0.05) is 12.1 Å². The number of carbonyl (C=O) groups excluding carboxylic acids is 1. The number of piperidine rings is 1. The highest BCUT2D eigenvalue weighted by atomic mass is 16.2. The smallest absolute Gasteiger partial charge is 0.317 e. The van der Waals surface area contributed by atoms with Crippen LogP contribution in [-0.4, -0.2) is 40.6 Å². The van der Waals surface area contributed by atoms with Gasteiger partial charge in [0.05, 0.1) is 17.4 Å². The second-order valence-corrected chi connectivity index (χ2v) is 4.91. The Morgan fingerprint density at radius 2 is 2.05 bits per heavy atom. The van der Waals surface area contributed by atoms with Gasteiger partial charge in [0.15, 0.2) is 0 Å². The van der Waals surface area contributed by atoms with Crippen molar-refractivity contribution in [3.05, 3.63) is 30.6 Å². The summed E-state index contributed by atoms with van der Waals surface area (Å²) in [5.41, 5.74) is 2.22. The van der Waals surface area contributed by atoms with Crippen LogP contribution < -0.4 is 5.32 Å². The molecular formula is C14H18N4O. The van der Waals surface area contributed by atoms with Crippen LogP contribution in [0, 0.1) is 0 Å². The second-order valence-electron chi connectivity index (χ2n) is 4.91. The molecular weight excluding hydrogens is 240 g/mol. The van der Waals surface area contributed by atoms with Crippen molar-refractivity contribution in [3.63, 3.8) is 0 Å². The van der Waals surface area contributed by atoms with Crippen molar-refractivity contribution in [1.29, 1.82) is 0 Å². The number of nitrogens with zero attached hydrogens (tertiary/aromatic N) is 3. The summed E-state index contributed by atoms with van der Waals surface area (Å²) in [5, 5.41) is 2.68. The van der Waals surface area contributed by atoms with E-state index in [0.29, 0.717) is 6.04 Å². The summed E-state index contributed by atoms with van der Waals surface area (Å²) in [6.07, 6.45) is 3.88. The van der Waals surface area contributed by atoms with E-state index in [9.17, 15) is 4.79 Å². The molecule has 1 aliphatic rings. The van der Waals surface area contributed by atoms with E-state index < -0.39 is 0 Å². The first kappa shape index (κ1) is 12.0. The zero-order valence-corrected chi connectivity index (χ0v) is 11.0. The lowest BCUT2D eigenvalue weighted by Gasteiger charge is -2.32. The lowest BCUT2D eigenvalue weighted by molar-refractivity contribution is 0.174. The van der Waals surface area contributed by atoms with Crippen molar-refractivity contribution in [3.8, 4) is 0 Å². The fourth-order valence-corrected chi connectivity index (χ4v) is 2.77. The zero-order chi connectivity index (χ0) is 13.2. The van der Waals surface area contributed by atoms with Gasteiger partial charge in [0.1, 0.15) is 0 Å². The third kappa shape index (κ3) is 2.16. The van der Waals surface area contributed by atoms with Gasteiger partial charge in [-0.2, -0.15) is 0 Å². The van der Waals surface area contributed by atoms with Gasteiger partial charge in [-0.25, -0.2) is 9.78 Å². The molecule has 5 heteroatoms. The summed E-state index contributed by atoms with van der Waals surface area (Å²) >= 11 is 0. The molecule has 3 rings (SSSR count). The molecule has 2 amide bonds. The van der Waals surface area contributed by atoms with E-state index in [1.54, 1.807) is 7.05 Å². The number of fused-ring (bicyclic) bond motifs is 1. The molecule has 2 heterocycles. The van der Waals surface area contributed by atoms with Crippen molar-refractivity contribution in [2.45, 2.75) is 18.9 Å². The third-order valence-corrected chi connectivity index (χ3v) is 3.84. The predicted octanol–water partition coefficient (Wildman–Crippen LogP) is 2.01. The lowest BCUT2D eigenvalue weighted by Crippen LogP contribution is -2.43. The molecule has 0 radical (unpaired) electrons. The average Bonchev–Trinajstić information content (AvgIpc) is 2.90. The van der Waals surface area contributed by atoms with Crippen LogP contribution in [-0.2, 0) is 0 Å². The number of imidazole rings is 1. The topological polar surface area (TPSA) is 50.2 Å². The lowest BCUT2D eigenvalue weighted by atomic mass is 10.0. The Balaban J connectivity index is 1.77. The molecule has 1 aliphatic heterocycles. The highest BCUT2D eigenvalue weighted by molar-refractivity contribution is 5.75.